The highest BCUT2D eigenvalue weighted by Crippen LogP contribution is 2.36. The van der Waals surface area contributed by atoms with Crippen LogP contribution in [-0.2, 0) is 0 Å². The van der Waals surface area contributed by atoms with Crippen LogP contribution in [0.2, 0.25) is 0 Å². The highest BCUT2D eigenvalue weighted by atomic mass is 14.9. The highest BCUT2D eigenvalue weighted by molar-refractivity contribution is 4.86. The molecule has 0 aromatic rings. The van der Waals surface area contributed by atoms with Crippen molar-refractivity contribution in [1.29, 1.82) is 0 Å². The predicted molar refractivity (Wildman–Crippen MR) is 62.3 cm³/mol. The van der Waals surface area contributed by atoms with Gasteiger partial charge in [0, 0.05) is 12.1 Å². The lowest BCUT2D eigenvalue weighted by molar-refractivity contribution is 0.362. The van der Waals surface area contributed by atoms with Gasteiger partial charge in [0.2, 0.25) is 0 Å². The molecule has 1 fully saturated rings. The van der Waals surface area contributed by atoms with Gasteiger partial charge in [0.15, 0.2) is 0 Å². The molecule has 1 aliphatic carbocycles. The smallest absolute Gasteiger partial charge is 0.00723 e. The summed E-state index contributed by atoms with van der Waals surface area (Å²) in [5, 5.41) is 3.62. The van der Waals surface area contributed by atoms with Crippen LogP contribution in [0.5, 0.6) is 0 Å². The van der Waals surface area contributed by atoms with E-state index in [9.17, 15) is 0 Å². The molecule has 0 aromatic heterocycles. The predicted octanol–water partition coefficient (Wildman–Crippen LogP) is 2.28. The number of rotatable bonds is 5. The van der Waals surface area contributed by atoms with Gasteiger partial charge >= 0.3 is 0 Å². The number of nitrogens with two attached hydrogens (primary N) is 1. The van der Waals surface area contributed by atoms with Crippen LogP contribution in [0.4, 0.5) is 0 Å². The first-order chi connectivity index (χ1) is 6.53. The van der Waals surface area contributed by atoms with E-state index in [0.717, 1.165) is 25.4 Å². The Hall–Kier alpha value is -0.0800. The summed E-state index contributed by atoms with van der Waals surface area (Å²) in [5.74, 6) is 0. The van der Waals surface area contributed by atoms with Gasteiger partial charge in [-0.3, -0.25) is 0 Å². The van der Waals surface area contributed by atoms with Gasteiger partial charge in [-0.05, 0) is 44.1 Å². The normalized spacial score (nSPS) is 27.9. The molecule has 0 heterocycles. The fourth-order valence-electron chi connectivity index (χ4n) is 2.29. The molecule has 0 saturated heterocycles. The van der Waals surface area contributed by atoms with Crippen molar-refractivity contribution in [3.05, 3.63) is 0 Å². The molecule has 0 radical (unpaired) electrons. The van der Waals surface area contributed by atoms with Gasteiger partial charge in [0.25, 0.3) is 0 Å². The first kappa shape index (κ1) is 12.0. The largest absolute Gasteiger partial charge is 0.328 e. The maximum Gasteiger partial charge on any atom is 0.00723 e. The van der Waals surface area contributed by atoms with Crippen LogP contribution in [0.25, 0.3) is 0 Å². The fraction of sp³-hybridized carbons (Fsp3) is 1.00. The molecule has 1 aliphatic rings. The van der Waals surface area contributed by atoms with Gasteiger partial charge in [-0.25, -0.2) is 0 Å². The van der Waals surface area contributed by atoms with Crippen molar-refractivity contribution in [1.82, 2.24) is 5.32 Å². The SMILES string of the molecule is CCC(N)CCNC1CCC(C)(C)C1. The average molecular weight is 198 g/mol. The molecule has 14 heavy (non-hydrogen) atoms. The van der Waals surface area contributed by atoms with Crippen LogP contribution in [0.1, 0.15) is 52.9 Å². The minimum Gasteiger partial charge on any atom is -0.328 e. The summed E-state index contributed by atoms with van der Waals surface area (Å²) in [4.78, 5) is 0. The van der Waals surface area contributed by atoms with Crippen LogP contribution in [0, 0.1) is 5.41 Å². The van der Waals surface area contributed by atoms with E-state index in [4.69, 9.17) is 5.73 Å². The van der Waals surface area contributed by atoms with E-state index in [0.29, 0.717) is 11.5 Å². The lowest BCUT2D eigenvalue weighted by atomic mass is 9.92. The molecular weight excluding hydrogens is 172 g/mol. The molecule has 1 rings (SSSR count). The van der Waals surface area contributed by atoms with E-state index < -0.39 is 0 Å². The summed E-state index contributed by atoms with van der Waals surface area (Å²) in [6, 6.07) is 1.13. The van der Waals surface area contributed by atoms with Gasteiger partial charge < -0.3 is 11.1 Å². The number of hydrogen-bond donors (Lipinski definition) is 2. The molecule has 1 saturated carbocycles. The minimum atomic E-state index is 0.386. The van der Waals surface area contributed by atoms with Crippen molar-refractivity contribution in [2.75, 3.05) is 6.54 Å². The zero-order valence-corrected chi connectivity index (χ0v) is 9.97. The van der Waals surface area contributed by atoms with Gasteiger partial charge in [-0.2, -0.15) is 0 Å². The Kier molecular flexibility index (Phi) is 4.39. The van der Waals surface area contributed by atoms with Crippen molar-refractivity contribution >= 4 is 0 Å². The second-order valence-corrected chi connectivity index (χ2v) is 5.52. The second-order valence-electron chi connectivity index (χ2n) is 5.52. The fourth-order valence-corrected chi connectivity index (χ4v) is 2.29. The second kappa shape index (κ2) is 5.13. The first-order valence-electron chi connectivity index (χ1n) is 6.02. The quantitative estimate of drug-likeness (QED) is 0.711. The summed E-state index contributed by atoms with van der Waals surface area (Å²) < 4.78 is 0. The summed E-state index contributed by atoms with van der Waals surface area (Å²) in [6.45, 7) is 7.98. The topological polar surface area (TPSA) is 38.0 Å². The molecule has 3 N–H and O–H groups in total. The third-order valence-corrected chi connectivity index (χ3v) is 3.44. The van der Waals surface area contributed by atoms with E-state index in [-0.39, 0.29) is 0 Å². The van der Waals surface area contributed by atoms with E-state index in [1.54, 1.807) is 0 Å². The average Bonchev–Trinajstić information content (AvgIpc) is 2.45. The Morgan fingerprint density at radius 1 is 1.50 bits per heavy atom. The maximum atomic E-state index is 5.87. The van der Waals surface area contributed by atoms with Crippen molar-refractivity contribution in [2.45, 2.75) is 65.0 Å². The molecule has 2 atom stereocenters. The number of nitrogens with one attached hydrogen (secondary N) is 1. The van der Waals surface area contributed by atoms with Crippen LogP contribution >= 0.6 is 0 Å². The lowest BCUT2D eigenvalue weighted by Gasteiger charge is -2.18. The summed E-state index contributed by atoms with van der Waals surface area (Å²) >= 11 is 0. The highest BCUT2D eigenvalue weighted by Gasteiger charge is 2.30. The van der Waals surface area contributed by atoms with E-state index in [1.807, 2.05) is 0 Å². The molecule has 2 nitrogen and oxygen atoms in total. The summed E-state index contributed by atoms with van der Waals surface area (Å²) in [7, 11) is 0. The molecule has 0 aromatic carbocycles. The monoisotopic (exact) mass is 198 g/mol. The molecule has 2 unspecified atom stereocenters. The van der Waals surface area contributed by atoms with E-state index in [1.165, 1.54) is 19.3 Å². The lowest BCUT2D eigenvalue weighted by Crippen LogP contribution is -2.32. The zero-order valence-electron chi connectivity index (χ0n) is 9.97. The van der Waals surface area contributed by atoms with Crippen molar-refractivity contribution in [2.24, 2.45) is 11.1 Å². The zero-order chi connectivity index (χ0) is 10.6. The molecular formula is C12H26N2. The first-order valence-corrected chi connectivity index (χ1v) is 6.02. The van der Waals surface area contributed by atoms with Crippen molar-refractivity contribution in [3.8, 4) is 0 Å². The third-order valence-electron chi connectivity index (χ3n) is 3.44. The van der Waals surface area contributed by atoms with Crippen LogP contribution in [-0.4, -0.2) is 18.6 Å². The van der Waals surface area contributed by atoms with Crippen LogP contribution < -0.4 is 11.1 Å². The van der Waals surface area contributed by atoms with Crippen molar-refractivity contribution in [3.63, 3.8) is 0 Å². The van der Waals surface area contributed by atoms with E-state index in [2.05, 4.69) is 26.1 Å². The van der Waals surface area contributed by atoms with Gasteiger partial charge in [-0.1, -0.05) is 20.8 Å². The molecule has 84 valence electrons. The molecule has 0 aliphatic heterocycles. The molecule has 2 heteroatoms. The Labute approximate surface area is 88.6 Å². The maximum absolute atomic E-state index is 5.87. The summed E-state index contributed by atoms with van der Waals surface area (Å²) in [5.41, 5.74) is 6.43. The van der Waals surface area contributed by atoms with Crippen LogP contribution in [0.3, 0.4) is 0 Å². The van der Waals surface area contributed by atoms with Gasteiger partial charge in [-0.15, -0.1) is 0 Å². The van der Waals surface area contributed by atoms with Crippen LogP contribution in [0.15, 0.2) is 0 Å². The number of hydrogen-bond acceptors (Lipinski definition) is 2. The third kappa shape index (κ3) is 3.97. The molecule has 0 amide bonds. The Morgan fingerprint density at radius 2 is 2.21 bits per heavy atom. The van der Waals surface area contributed by atoms with Gasteiger partial charge in [0.1, 0.15) is 0 Å². The van der Waals surface area contributed by atoms with Crippen molar-refractivity contribution < 1.29 is 0 Å². The van der Waals surface area contributed by atoms with Gasteiger partial charge in [0.05, 0.1) is 0 Å². The minimum absolute atomic E-state index is 0.386. The molecule has 0 spiro atoms. The standard InChI is InChI=1S/C12H26N2/c1-4-10(13)6-8-14-11-5-7-12(2,3)9-11/h10-11,14H,4-9,13H2,1-3H3. The summed E-state index contributed by atoms with van der Waals surface area (Å²) in [6.07, 6.45) is 6.25. The van der Waals surface area contributed by atoms with E-state index >= 15 is 0 Å². The Bertz CT molecular complexity index is 166. The Balaban J connectivity index is 2.09. The molecule has 0 bridgehead atoms. The Morgan fingerprint density at radius 3 is 2.71 bits per heavy atom.